The Morgan fingerprint density at radius 1 is 1.02 bits per heavy atom. The van der Waals surface area contributed by atoms with Crippen LogP contribution in [0.2, 0.25) is 5.02 Å². The number of carbonyl (C=O) groups excluding carboxylic acids is 1. The second-order valence-corrected chi connectivity index (χ2v) is 13.1. The lowest BCUT2D eigenvalue weighted by atomic mass is 10.2. The van der Waals surface area contributed by atoms with Gasteiger partial charge in [0.1, 0.15) is 5.52 Å². The molecule has 3 aromatic carbocycles. The van der Waals surface area contributed by atoms with E-state index < -0.39 is 10.0 Å². The van der Waals surface area contributed by atoms with Gasteiger partial charge in [0, 0.05) is 45.3 Å². The van der Waals surface area contributed by atoms with Crippen molar-refractivity contribution < 1.29 is 17.9 Å². The lowest BCUT2D eigenvalue weighted by Crippen LogP contribution is -2.39. The lowest BCUT2D eigenvalue weighted by molar-refractivity contribution is 0.0376. The smallest absolute Gasteiger partial charge is 0.260 e. The van der Waals surface area contributed by atoms with Gasteiger partial charge in [-0.05, 0) is 48.4 Å². The minimum atomic E-state index is -3.73. The van der Waals surface area contributed by atoms with Gasteiger partial charge in [0.05, 0.1) is 27.8 Å². The molecule has 0 saturated carbocycles. The molecule has 210 valence electrons. The first-order valence-electron chi connectivity index (χ1n) is 13.1. The van der Waals surface area contributed by atoms with E-state index in [2.05, 4.69) is 4.90 Å². The quantitative estimate of drug-likeness (QED) is 0.251. The number of para-hydroxylation sites is 1. The van der Waals surface area contributed by atoms with Crippen LogP contribution in [-0.4, -0.2) is 75.0 Å². The fraction of sp³-hybridized carbons (Fsp3) is 0.310. The highest BCUT2D eigenvalue weighted by Gasteiger charge is 2.25. The highest BCUT2D eigenvalue weighted by Crippen LogP contribution is 2.33. The molecular weight excluding hydrogens is 568 g/mol. The molecular formula is C29H31ClN4O4S2. The summed E-state index contributed by atoms with van der Waals surface area (Å²) < 4.78 is 34.0. The summed E-state index contributed by atoms with van der Waals surface area (Å²) in [5, 5.41) is 1.10. The maximum Gasteiger partial charge on any atom is 0.260 e. The largest absolute Gasteiger partial charge is 0.379 e. The van der Waals surface area contributed by atoms with Gasteiger partial charge in [0.2, 0.25) is 10.0 Å². The number of hydrogen-bond acceptors (Lipinski definition) is 7. The Balaban J connectivity index is 1.36. The van der Waals surface area contributed by atoms with Crippen LogP contribution in [0.1, 0.15) is 22.3 Å². The Hall–Kier alpha value is -2.86. The molecule has 0 N–H and O–H groups in total. The van der Waals surface area contributed by atoms with Crippen LogP contribution >= 0.6 is 22.9 Å². The Labute approximate surface area is 243 Å². The first-order valence-corrected chi connectivity index (χ1v) is 15.7. The molecule has 4 aromatic rings. The molecule has 1 amide bonds. The Morgan fingerprint density at radius 2 is 1.75 bits per heavy atom. The fourth-order valence-corrected chi connectivity index (χ4v) is 7.06. The topological polar surface area (TPSA) is 83.1 Å². The first-order chi connectivity index (χ1) is 19.3. The molecule has 40 heavy (non-hydrogen) atoms. The zero-order valence-corrected chi connectivity index (χ0v) is 24.6. The molecule has 1 aromatic heterocycles. The number of amides is 1. The zero-order chi connectivity index (χ0) is 28.1. The second kappa shape index (κ2) is 12.8. The first kappa shape index (κ1) is 28.7. The number of morpholine rings is 1. The summed E-state index contributed by atoms with van der Waals surface area (Å²) in [6.45, 7) is 4.74. The summed E-state index contributed by atoms with van der Waals surface area (Å²) in [5.41, 5.74) is 1.95. The van der Waals surface area contributed by atoms with Crippen LogP contribution in [0.5, 0.6) is 0 Å². The SMILES string of the molecule is CN(Cc1ccccc1)S(=O)(=O)c1ccc(C(=O)N(CCCN2CCOCC2)c2nc3c(Cl)cccc3s2)cc1. The number of aromatic nitrogens is 1. The number of nitrogens with zero attached hydrogens (tertiary/aromatic N) is 4. The van der Waals surface area contributed by atoms with Crippen LogP contribution < -0.4 is 4.90 Å². The molecule has 8 nitrogen and oxygen atoms in total. The van der Waals surface area contributed by atoms with Crippen LogP contribution in [0.3, 0.4) is 0 Å². The van der Waals surface area contributed by atoms with E-state index in [-0.39, 0.29) is 17.3 Å². The maximum absolute atomic E-state index is 13.8. The fourth-order valence-electron chi connectivity index (χ4n) is 4.61. The molecule has 0 radical (unpaired) electrons. The Kier molecular flexibility index (Phi) is 9.14. The van der Waals surface area contributed by atoms with Crippen LogP contribution in [0.15, 0.2) is 77.7 Å². The third kappa shape index (κ3) is 6.54. The van der Waals surface area contributed by atoms with E-state index in [1.165, 1.54) is 27.8 Å². The van der Waals surface area contributed by atoms with Gasteiger partial charge in [-0.2, -0.15) is 4.31 Å². The van der Waals surface area contributed by atoms with Crippen molar-refractivity contribution >= 4 is 54.2 Å². The molecule has 11 heteroatoms. The van der Waals surface area contributed by atoms with Crippen molar-refractivity contribution in [2.45, 2.75) is 17.9 Å². The van der Waals surface area contributed by atoms with Crippen molar-refractivity contribution in [1.82, 2.24) is 14.2 Å². The number of thiazole rings is 1. The monoisotopic (exact) mass is 598 g/mol. The lowest BCUT2D eigenvalue weighted by Gasteiger charge is -2.27. The van der Waals surface area contributed by atoms with Crippen LogP contribution in [0.25, 0.3) is 10.2 Å². The molecule has 0 spiro atoms. The number of ether oxygens (including phenoxy) is 1. The molecule has 1 aliphatic heterocycles. The standard InChI is InChI=1S/C29H31ClN4O4S2/c1-32(21-22-7-3-2-4-8-22)40(36,37)24-13-11-23(12-14-24)28(35)34(16-6-15-33-17-19-38-20-18-33)29-31-27-25(30)9-5-10-26(27)39-29/h2-5,7-14H,6,15-21H2,1H3. The van der Waals surface area contributed by atoms with Crippen LogP contribution in [0, 0.1) is 0 Å². The molecule has 0 unspecified atom stereocenters. The normalized spacial score (nSPS) is 14.6. The summed E-state index contributed by atoms with van der Waals surface area (Å²) >= 11 is 7.79. The average molecular weight is 599 g/mol. The molecule has 2 heterocycles. The highest BCUT2D eigenvalue weighted by atomic mass is 35.5. The van der Waals surface area contributed by atoms with Crippen molar-refractivity contribution in [2.75, 3.05) is 51.3 Å². The molecule has 1 aliphatic rings. The third-order valence-corrected chi connectivity index (χ3v) is 10.0. The van der Waals surface area contributed by atoms with Gasteiger partial charge >= 0.3 is 0 Å². The Bertz CT molecular complexity index is 1560. The van der Waals surface area contributed by atoms with Gasteiger partial charge in [0.15, 0.2) is 5.13 Å². The molecule has 1 saturated heterocycles. The number of fused-ring (bicyclic) bond motifs is 1. The second-order valence-electron chi connectivity index (χ2n) is 9.62. The summed E-state index contributed by atoms with van der Waals surface area (Å²) in [5.74, 6) is -0.237. The zero-order valence-electron chi connectivity index (χ0n) is 22.2. The van der Waals surface area contributed by atoms with E-state index >= 15 is 0 Å². The molecule has 0 bridgehead atoms. The van der Waals surface area contributed by atoms with Gasteiger partial charge in [0.25, 0.3) is 5.91 Å². The van der Waals surface area contributed by atoms with E-state index in [4.69, 9.17) is 21.3 Å². The van der Waals surface area contributed by atoms with Crippen molar-refractivity contribution in [3.63, 3.8) is 0 Å². The van der Waals surface area contributed by atoms with Gasteiger partial charge in [-0.3, -0.25) is 14.6 Å². The summed E-state index contributed by atoms with van der Waals surface area (Å²) in [7, 11) is -2.18. The minimum absolute atomic E-state index is 0.133. The van der Waals surface area contributed by atoms with Gasteiger partial charge < -0.3 is 4.74 Å². The van der Waals surface area contributed by atoms with Crippen molar-refractivity contribution in [2.24, 2.45) is 0 Å². The van der Waals surface area contributed by atoms with E-state index in [9.17, 15) is 13.2 Å². The molecule has 5 rings (SSSR count). The Morgan fingerprint density at radius 3 is 2.45 bits per heavy atom. The molecule has 0 atom stereocenters. The predicted octanol–water partition coefficient (Wildman–Crippen LogP) is 5.14. The van der Waals surface area contributed by atoms with Crippen molar-refractivity contribution in [3.05, 3.63) is 88.9 Å². The van der Waals surface area contributed by atoms with Gasteiger partial charge in [-0.15, -0.1) is 0 Å². The number of anilines is 1. The van der Waals surface area contributed by atoms with E-state index in [0.717, 1.165) is 49.5 Å². The van der Waals surface area contributed by atoms with Crippen LogP contribution in [-0.2, 0) is 21.3 Å². The van der Waals surface area contributed by atoms with E-state index in [0.29, 0.717) is 27.8 Å². The van der Waals surface area contributed by atoms with Gasteiger partial charge in [-0.1, -0.05) is 59.3 Å². The number of benzene rings is 3. The maximum atomic E-state index is 13.8. The molecule has 0 aliphatic carbocycles. The predicted molar refractivity (Wildman–Crippen MR) is 160 cm³/mol. The summed E-state index contributed by atoms with van der Waals surface area (Å²) in [6, 6.07) is 21.1. The number of sulfonamides is 1. The van der Waals surface area contributed by atoms with E-state index in [1.807, 2.05) is 42.5 Å². The number of halogens is 1. The third-order valence-electron chi connectivity index (χ3n) is 6.85. The summed E-state index contributed by atoms with van der Waals surface area (Å²) in [6.07, 6.45) is 0.756. The van der Waals surface area contributed by atoms with Gasteiger partial charge in [-0.25, -0.2) is 13.4 Å². The summed E-state index contributed by atoms with van der Waals surface area (Å²) in [4.78, 5) is 22.6. The van der Waals surface area contributed by atoms with Crippen molar-refractivity contribution in [3.8, 4) is 0 Å². The minimum Gasteiger partial charge on any atom is -0.379 e. The van der Waals surface area contributed by atoms with E-state index in [1.54, 1.807) is 30.1 Å². The highest BCUT2D eigenvalue weighted by molar-refractivity contribution is 7.89. The average Bonchev–Trinajstić information content (AvgIpc) is 3.41. The van der Waals surface area contributed by atoms with Crippen molar-refractivity contribution in [1.29, 1.82) is 0 Å². The number of rotatable bonds is 10. The number of carbonyl (C=O) groups is 1. The molecule has 1 fully saturated rings. The van der Waals surface area contributed by atoms with Crippen LogP contribution in [0.4, 0.5) is 5.13 Å². The number of hydrogen-bond donors (Lipinski definition) is 0.